The molecular formula is C15H19N3O. The van der Waals surface area contributed by atoms with Crippen LogP contribution in [0.3, 0.4) is 0 Å². The second-order valence-electron chi connectivity index (χ2n) is 4.38. The van der Waals surface area contributed by atoms with E-state index >= 15 is 0 Å². The molecule has 2 aromatic rings. The van der Waals surface area contributed by atoms with Crippen LogP contribution in [0.5, 0.6) is 5.75 Å². The summed E-state index contributed by atoms with van der Waals surface area (Å²) in [6, 6.07) is 12.0. The molecule has 0 aliphatic carbocycles. The van der Waals surface area contributed by atoms with Gasteiger partial charge in [0.25, 0.3) is 0 Å². The second-order valence-corrected chi connectivity index (χ2v) is 4.38. The molecule has 100 valence electrons. The largest absolute Gasteiger partial charge is 0.489 e. The van der Waals surface area contributed by atoms with Crippen LogP contribution in [0, 0.1) is 0 Å². The molecule has 19 heavy (non-hydrogen) atoms. The van der Waals surface area contributed by atoms with Crippen LogP contribution in [0.1, 0.15) is 24.5 Å². The van der Waals surface area contributed by atoms with Crippen LogP contribution in [0.25, 0.3) is 0 Å². The highest BCUT2D eigenvalue weighted by Crippen LogP contribution is 2.15. The van der Waals surface area contributed by atoms with Crippen LogP contribution in [0.15, 0.2) is 42.6 Å². The van der Waals surface area contributed by atoms with Crippen molar-refractivity contribution in [3.05, 3.63) is 53.7 Å². The quantitative estimate of drug-likeness (QED) is 0.617. The molecule has 0 atom stereocenters. The van der Waals surface area contributed by atoms with Gasteiger partial charge >= 0.3 is 0 Å². The molecule has 0 bridgehead atoms. The summed E-state index contributed by atoms with van der Waals surface area (Å²) in [5.74, 6) is 6.78. The minimum atomic E-state index is 0.505. The van der Waals surface area contributed by atoms with Crippen molar-refractivity contribution in [3.63, 3.8) is 0 Å². The number of hydrogen-bond acceptors (Lipinski definition) is 4. The van der Waals surface area contributed by atoms with E-state index in [1.54, 1.807) is 6.20 Å². The Morgan fingerprint density at radius 3 is 2.42 bits per heavy atom. The van der Waals surface area contributed by atoms with Gasteiger partial charge in [0.05, 0.1) is 0 Å². The van der Waals surface area contributed by atoms with E-state index in [-0.39, 0.29) is 0 Å². The van der Waals surface area contributed by atoms with Gasteiger partial charge in [0, 0.05) is 11.8 Å². The van der Waals surface area contributed by atoms with Gasteiger partial charge in [-0.1, -0.05) is 31.5 Å². The molecule has 0 saturated heterocycles. The normalized spacial score (nSPS) is 10.2. The summed E-state index contributed by atoms with van der Waals surface area (Å²) in [6.45, 7) is 2.68. The number of aromatic nitrogens is 1. The van der Waals surface area contributed by atoms with E-state index in [0.717, 1.165) is 24.2 Å². The number of rotatable bonds is 6. The predicted molar refractivity (Wildman–Crippen MR) is 76.8 cm³/mol. The predicted octanol–water partition coefficient (Wildman–Crippen LogP) is 2.90. The van der Waals surface area contributed by atoms with E-state index in [2.05, 4.69) is 29.5 Å². The van der Waals surface area contributed by atoms with Gasteiger partial charge in [-0.25, -0.2) is 10.8 Å². The van der Waals surface area contributed by atoms with Crippen LogP contribution in [0.4, 0.5) is 5.82 Å². The zero-order valence-corrected chi connectivity index (χ0v) is 11.1. The average Bonchev–Trinajstić information content (AvgIpc) is 2.47. The van der Waals surface area contributed by atoms with Gasteiger partial charge in [-0.15, -0.1) is 0 Å². The van der Waals surface area contributed by atoms with Crippen LogP contribution in [0.2, 0.25) is 0 Å². The number of nitrogens with one attached hydrogen (secondary N) is 1. The Bertz CT molecular complexity index is 494. The summed E-state index contributed by atoms with van der Waals surface area (Å²) >= 11 is 0. The van der Waals surface area contributed by atoms with E-state index < -0.39 is 0 Å². The van der Waals surface area contributed by atoms with Gasteiger partial charge in [0.1, 0.15) is 18.2 Å². The van der Waals surface area contributed by atoms with Gasteiger partial charge in [-0.3, -0.25) is 0 Å². The SMILES string of the molecule is CCCc1ccc(OCc2ccc(NN)nc2)cc1. The number of hydrazine groups is 1. The number of nitrogens with two attached hydrogens (primary N) is 1. The molecule has 1 aromatic heterocycles. The summed E-state index contributed by atoms with van der Waals surface area (Å²) in [5, 5.41) is 0. The zero-order valence-electron chi connectivity index (χ0n) is 11.1. The third kappa shape index (κ3) is 3.96. The van der Waals surface area contributed by atoms with Crippen LogP contribution >= 0.6 is 0 Å². The van der Waals surface area contributed by atoms with Crippen molar-refractivity contribution in [3.8, 4) is 5.75 Å². The van der Waals surface area contributed by atoms with Gasteiger partial charge in [-0.2, -0.15) is 0 Å². The standard InChI is InChI=1S/C15H19N3O/c1-2-3-12-4-7-14(8-5-12)19-11-13-6-9-15(18-16)17-10-13/h4-10H,2-3,11,16H2,1H3,(H,17,18). The molecule has 4 heteroatoms. The molecule has 3 N–H and O–H groups in total. The van der Waals surface area contributed by atoms with E-state index in [0.29, 0.717) is 12.4 Å². The van der Waals surface area contributed by atoms with Crippen molar-refractivity contribution in [1.29, 1.82) is 0 Å². The number of ether oxygens (including phenoxy) is 1. The van der Waals surface area contributed by atoms with Gasteiger partial charge < -0.3 is 10.2 Å². The lowest BCUT2D eigenvalue weighted by Gasteiger charge is -2.07. The Balaban J connectivity index is 1.90. The molecule has 0 amide bonds. The molecule has 4 nitrogen and oxygen atoms in total. The smallest absolute Gasteiger partial charge is 0.139 e. The fraction of sp³-hybridized carbons (Fsp3) is 0.267. The Kier molecular flexibility index (Phi) is 4.75. The van der Waals surface area contributed by atoms with Crippen molar-refractivity contribution in [2.45, 2.75) is 26.4 Å². The van der Waals surface area contributed by atoms with Crippen molar-refractivity contribution in [2.24, 2.45) is 5.84 Å². The first-order valence-corrected chi connectivity index (χ1v) is 6.45. The minimum Gasteiger partial charge on any atom is -0.489 e. The summed E-state index contributed by atoms with van der Waals surface area (Å²) in [7, 11) is 0. The van der Waals surface area contributed by atoms with Crippen molar-refractivity contribution in [1.82, 2.24) is 4.98 Å². The Labute approximate surface area is 113 Å². The zero-order chi connectivity index (χ0) is 13.5. The summed E-state index contributed by atoms with van der Waals surface area (Å²) < 4.78 is 5.71. The van der Waals surface area contributed by atoms with E-state index in [1.165, 1.54) is 5.56 Å². The van der Waals surface area contributed by atoms with Crippen LogP contribution in [-0.4, -0.2) is 4.98 Å². The van der Waals surface area contributed by atoms with Crippen molar-refractivity contribution < 1.29 is 4.74 Å². The third-order valence-electron chi connectivity index (χ3n) is 2.84. The molecule has 1 aromatic carbocycles. The maximum atomic E-state index is 5.71. The molecule has 0 unspecified atom stereocenters. The lowest BCUT2D eigenvalue weighted by molar-refractivity contribution is 0.305. The van der Waals surface area contributed by atoms with Gasteiger partial charge in [0.2, 0.25) is 0 Å². The number of aryl methyl sites for hydroxylation is 1. The van der Waals surface area contributed by atoms with Crippen molar-refractivity contribution in [2.75, 3.05) is 5.43 Å². The molecule has 0 spiro atoms. The Morgan fingerprint density at radius 2 is 1.84 bits per heavy atom. The number of nitrogen functional groups attached to an aromatic ring is 1. The highest BCUT2D eigenvalue weighted by Gasteiger charge is 1.98. The van der Waals surface area contributed by atoms with Gasteiger partial charge in [-0.05, 0) is 30.2 Å². The Hall–Kier alpha value is -2.07. The lowest BCUT2D eigenvalue weighted by Crippen LogP contribution is -2.08. The number of benzene rings is 1. The topological polar surface area (TPSA) is 60.2 Å². The monoisotopic (exact) mass is 257 g/mol. The average molecular weight is 257 g/mol. The number of pyridine rings is 1. The molecule has 0 fully saturated rings. The first-order chi connectivity index (χ1) is 9.31. The molecule has 0 aliphatic heterocycles. The Morgan fingerprint density at radius 1 is 1.11 bits per heavy atom. The van der Waals surface area contributed by atoms with Crippen LogP contribution < -0.4 is 16.0 Å². The van der Waals surface area contributed by atoms with E-state index in [4.69, 9.17) is 10.6 Å². The fourth-order valence-electron chi connectivity index (χ4n) is 1.80. The number of anilines is 1. The summed E-state index contributed by atoms with van der Waals surface area (Å²) in [6.07, 6.45) is 4.02. The molecule has 1 heterocycles. The highest BCUT2D eigenvalue weighted by atomic mass is 16.5. The maximum Gasteiger partial charge on any atom is 0.139 e. The van der Waals surface area contributed by atoms with Crippen LogP contribution in [-0.2, 0) is 13.0 Å². The number of hydrogen-bond donors (Lipinski definition) is 2. The maximum absolute atomic E-state index is 5.71. The highest BCUT2D eigenvalue weighted by molar-refractivity contribution is 5.34. The molecule has 0 radical (unpaired) electrons. The summed E-state index contributed by atoms with van der Waals surface area (Å²) in [4.78, 5) is 4.13. The fourth-order valence-corrected chi connectivity index (χ4v) is 1.80. The van der Waals surface area contributed by atoms with E-state index in [9.17, 15) is 0 Å². The molecule has 0 saturated carbocycles. The molecule has 0 aliphatic rings. The van der Waals surface area contributed by atoms with Crippen molar-refractivity contribution >= 4 is 5.82 Å². The first-order valence-electron chi connectivity index (χ1n) is 6.45. The molecular weight excluding hydrogens is 238 g/mol. The number of nitrogens with zero attached hydrogens (tertiary/aromatic N) is 1. The second kappa shape index (κ2) is 6.75. The first kappa shape index (κ1) is 13.4. The van der Waals surface area contributed by atoms with Gasteiger partial charge in [0.15, 0.2) is 0 Å². The lowest BCUT2D eigenvalue weighted by atomic mass is 10.1. The van der Waals surface area contributed by atoms with E-state index in [1.807, 2.05) is 24.3 Å². The summed E-state index contributed by atoms with van der Waals surface area (Å²) in [5.41, 5.74) is 4.85. The third-order valence-corrected chi connectivity index (χ3v) is 2.84. The minimum absolute atomic E-state index is 0.505. The molecule has 2 rings (SSSR count).